The van der Waals surface area contributed by atoms with Gasteiger partial charge in [0.15, 0.2) is 0 Å². The first-order valence-electron chi connectivity index (χ1n) is 8.54. The van der Waals surface area contributed by atoms with E-state index in [0.717, 1.165) is 11.3 Å². The highest BCUT2D eigenvalue weighted by atomic mass is 16.5. The molecule has 0 saturated carbocycles. The molecule has 2 heterocycles. The number of ether oxygens (including phenoxy) is 2. The zero-order valence-corrected chi connectivity index (χ0v) is 14.2. The van der Waals surface area contributed by atoms with E-state index in [2.05, 4.69) is 0 Å². The lowest BCUT2D eigenvalue weighted by atomic mass is 10.1. The van der Waals surface area contributed by atoms with Gasteiger partial charge in [-0.15, -0.1) is 0 Å². The maximum atomic E-state index is 12.3. The molecule has 0 spiro atoms. The highest BCUT2D eigenvalue weighted by Gasteiger charge is 2.38. The monoisotopic (exact) mass is 334 g/mol. The second kappa shape index (κ2) is 7.51. The van der Waals surface area contributed by atoms with Gasteiger partial charge in [-0.2, -0.15) is 0 Å². The fraction of sp³-hybridized carbons (Fsp3) is 0.611. The van der Waals surface area contributed by atoms with Gasteiger partial charge in [0, 0.05) is 26.2 Å². The number of carbonyl (C=O) groups is 1. The molecule has 0 aromatic heterocycles. The number of nitrogens with zero attached hydrogens (tertiary/aromatic N) is 2. The Morgan fingerprint density at radius 3 is 2.88 bits per heavy atom. The average Bonchev–Trinajstić information content (AvgIpc) is 2.95. The third kappa shape index (κ3) is 4.47. The van der Waals surface area contributed by atoms with Crippen molar-refractivity contribution in [3.63, 3.8) is 0 Å². The van der Waals surface area contributed by atoms with Gasteiger partial charge in [-0.3, -0.25) is 9.69 Å². The van der Waals surface area contributed by atoms with Crippen LogP contribution in [0.5, 0.6) is 5.75 Å². The second-order valence-electron chi connectivity index (χ2n) is 6.78. The zero-order valence-electron chi connectivity index (χ0n) is 14.2. The number of aliphatic hydroxyl groups is 1. The molecule has 2 fully saturated rings. The van der Waals surface area contributed by atoms with Crippen LogP contribution in [-0.4, -0.2) is 79.0 Å². The van der Waals surface area contributed by atoms with E-state index in [9.17, 15) is 9.90 Å². The fourth-order valence-electron chi connectivity index (χ4n) is 3.22. The molecule has 1 N–H and O–H groups in total. The summed E-state index contributed by atoms with van der Waals surface area (Å²) in [4.78, 5) is 16.1. The van der Waals surface area contributed by atoms with Crippen molar-refractivity contribution < 1.29 is 19.4 Å². The molecule has 2 aliphatic heterocycles. The van der Waals surface area contributed by atoms with Crippen molar-refractivity contribution in [1.29, 1.82) is 0 Å². The highest BCUT2D eigenvalue weighted by molar-refractivity contribution is 5.78. The third-order valence-corrected chi connectivity index (χ3v) is 4.63. The lowest BCUT2D eigenvalue weighted by Crippen LogP contribution is -2.46. The lowest BCUT2D eigenvalue weighted by Gasteiger charge is -2.29. The van der Waals surface area contributed by atoms with Crippen molar-refractivity contribution in [1.82, 2.24) is 9.80 Å². The van der Waals surface area contributed by atoms with E-state index in [0.29, 0.717) is 52.4 Å². The van der Waals surface area contributed by atoms with Gasteiger partial charge in [0.25, 0.3) is 0 Å². The number of hydrogen-bond donors (Lipinski definition) is 1. The standard InChI is InChI=1S/C18H26N2O4/c1-15-3-2-4-16(11-15)24-14-18(22)5-6-19(13-18)12-17(21)20-7-9-23-10-8-20/h2-4,11,22H,5-10,12-14H2,1H3/t18-/m0/s1. The summed E-state index contributed by atoms with van der Waals surface area (Å²) in [5.74, 6) is 0.883. The number of morpholine rings is 1. The van der Waals surface area contributed by atoms with E-state index in [1.165, 1.54) is 0 Å². The molecular weight excluding hydrogens is 308 g/mol. The van der Waals surface area contributed by atoms with E-state index in [-0.39, 0.29) is 12.5 Å². The van der Waals surface area contributed by atoms with E-state index in [1.54, 1.807) is 0 Å². The van der Waals surface area contributed by atoms with E-state index < -0.39 is 5.60 Å². The summed E-state index contributed by atoms with van der Waals surface area (Å²) in [6.07, 6.45) is 0.620. The van der Waals surface area contributed by atoms with Crippen LogP contribution in [0.15, 0.2) is 24.3 Å². The zero-order chi connectivity index (χ0) is 17.0. The third-order valence-electron chi connectivity index (χ3n) is 4.63. The average molecular weight is 334 g/mol. The van der Waals surface area contributed by atoms with Crippen LogP contribution in [0, 0.1) is 6.92 Å². The Hall–Kier alpha value is -1.63. The van der Waals surface area contributed by atoms with Crippen molar-refractivity contribution in [3.05, 3.63) is 29.8 Å². The summed E-state index contributed by atoms with van der Waals surface area (Å²) in [5, 5.41) is 10.7. The number of hydrogen-bond acceptors (Lipinski definition) is 5. The normalized spacial score (nSPS) is 25.0. The minimum atomic E-state index is -0.894. The molecule has 1 atom stereocenters. The summed E-state index contributed by atoms with van der Waals surface area (Å²) in [7, 11) is 0. The predicted molar refractivity (Wildman–Crippen MR) is 90.1 cm³/mol. The maximum Gasteiger partial charge on any atom is 0.236 e. The number of β-amino-alcohol motifs (C(OH)–C–C–N with tert-alkyl or cyclic N) is 1. The number of amides is 1. The van der Waals surface area contributed by atoms with Crippen LogP contribution in [0.4, 0.5) is 0 Å². The topological polar surface area (TPSA) is 62.2 Å². The van der Waals surface area contributed by atoms with Gasteiger partial charge >= 0.3 is 0 Å². The van der Waals surface area contributed by atoms with Crippen LogP contribution in [0.1, 0.15) is 12.0 Å². The lowest BCUT2D eigenvalue weighted by molar-refractivity contribution is -0.136. The van der Waals surface area contributed by atoms with E-state index >= 15 is 0 Å². The smallest absolute Gasteiger partial charge is 0.236 e. The summed E-state index contributed by atoms with van der Waals surface area (Å²) >= 11 is 0. The van der Waals surface area contributed by atoms with Crippen LogP contribution in [-0.2, 0) is 9.53 Å². The van der Waals surface area contributed by atoms with Crippen molar-refractivity contribution in [2.75, 3.05) is 52.5 Å². The summed E-state index contributed by atoms with van der Waals surface area (Å²) in [6.45, 7) is 6.33. The van der Waals surface area contributed by atoms with E-state index in [1.807, 2.05) is 41.0 Å². The Morgan fingerprint density at radius 2 is 2.12 bits per heavy atom. The number of carbonyl (C=O) groups excluding carboxylic acids is 1. The Labute approximate surface area is 143 Å². The molecule has 24 heavy (non-hydrogen) atoms. The molecule has 0 radical (unpaired) electrons. The maximum absolute atomic E-state index is 12.3. The molecule has 1 aromatic carbocycles. The summed E-state index contributed by atoms with van der Waals surface area (Å²) in [5.41, 5.74) is 0.235. The molecule has 2 saturated heterocycles. The Kier molecular flexibility index (Phi) is 5.38. The van der Waals surface area contributed by atoms with Gasteiger partial charge in [0.2, 0.25) is 5.91 Å². The Balaban J connectivity index is 1.47. The SMILES string of the molecule is Cc1cccc(OC[C@]2(O)CCN(CC(=O)N3CCOCC3)C2)c1. The fourth-order valence-corrected chi connectivity index (χ4v) is 3.22. The van der Waals surface area contributed by atoms with Crippen molar-refractivity contribution in [2.45, 2.75) is 18.9 Å². The van der Waals surface area contributed by atoms with Gasteiger partial charge < -0.3 is 19.5 Å². The number of rotatable bonds is 5. The Morgan fingerprint density at radius 1 is 1.33 bits per heavy atom. The van der Waals surface area contributed by atoms with E-state index in [4.69, 9.17) is 9.47 Å². The minimum Gasteiger partial charge on any atom is -0.491 e. The van der Waals surface area contributed by atoms with Crippen LogP contribution in [0.2, 0.25) is 0 Å². The first-order chi connectivity index (χ1) is 11.5. The quantitative estimate of drug-likeness (QED) is 0.858. The molecule has 3 rings (SSSR count). The highest BCUT2D eigenvalue weighted by Crippen LogP contribution is 2.23. The van der Waals surface area contributed by atoms with Crippen molar-refractivity contribution >= 4 is 5.91 Å². The molecule has 0 aliphatic carbocycles. The molecule has 0 bridgehead atoms. The molecule has 0 unspecified atom stereocenters. The van der Waals surface area contributed by atoms with Crippen molar-refractivity contribution in [3.8, 4) is 5.75 Å². The van der Waals surface area contributed by atoms with Gasteiger partial charge in [-0.25, -0.2) is 0 Å². The van der Waals surface area contributed by atoms with Crippen LogP contribution in [0.25, 0.3) is 0 Å². The minimum absolute atomic E-state index is 0.113. The summed E-state index contributed by atoms with van der Waals surface area (Å²) < 4.78 is 11.0. The van der Waals surface area contributed by atoms with Gasteiger partial charge in [0.05, 0.1) is 19.8 Å². The molecular formula is C18H26N2O4. The van der Waals surface area contributed by atoms with Crippen LogP contribution in [0.3, 0.4) is 0 Å². The van der Waals surface area contributed by atoms with Crippen LogP contribution < -0.4 is 4.74 Å². The predicted octanol–water partition coefficient (Wildman–Crippen LogP) is 0.669. The van der Waals surface area contributed by atoms with Gasteiger partial charge in [-0.05, 0) is 31.0 Å². The van der Waals surface area contributed by atoms with Crippen molar-refractivity contribution in [2.24, 2.45) is 0 Å². The van der Waals surface area contributed by atoms with Gasteiger partial charge in [0.1, 0.15) is 18.0 Å². The molecule has 1 amide bonds. The van der Waals surface area contributed by atoms with Gasteiger partial charge in [-0.1, -0.05) is 12.1 Å². The molecule has 2 aliphatic rings. The summed E-state index contributed by atoms with van der Waals surface area (Å²) in [6, 6.07) is 7.80. The largest absolute Gasteiger partial charge is 0.491 e. The Bertz CT molecular complexity index is 574. The number of benzene rings is 1. The number of likely N-dealkylation sites (tertiary alicyclic amines) is 1. The molecule has 6 heteroatoms. The van der Waals surface area contributed by atoms with Crippen LogP contribution >= 0.6 is 0 Å². The first kappa shape index (κ1) is 17.2. The number of aryl methyl sites for hydroxylation is 1. The molecule has 6 nitrogen and oxygen atoms in total. The first-order valence-corrected chi connectivity index (χ1v) is 8.54. The molecule has 132 valence electrons. The molecule has 1 aromatic rings. The second-order valence-corrected chi connectivity index (χ2v) is 6.78.